The fourth-order valence-corrected chi connectivity index (χ4v) is 5.12. The van der Waals surface area contributed by atoms with Crippen molar-refractivity contribution in [1.29, 1.82) is 0 Å². The Kier molecular flexibility index (Phi) is 6.83. The van der Waals surface area contributed by atoms with Gasteiger partial charge in [-0.2, -0.15) is 0 Å². The van der Waals surface area contributed by atoms with Gasteiger partial charge >= 0.3 is 0 Å². The summed E-state index contributed by atoms with van der Waals surface area (Å²) in [7, 11) is -3.74. The predicted molar refractivity (Wildman–Crippen MR) is 134 cm³/mol. The first kappa shape index (κ1) is 22.0. The summed E-state index contributed by atoms with van der Waals surface area (Å²) in [6, 6.07) is 33.1. The first-order valence-corrected chi connectivity index (χ1v) is 12.3. The summed E-state index contributed by atoms with van der Waals surface area (Å²) >= 11 is 3.45. The zero-order valence-electron chi connectivity index (χ0n) is 17.2. The smallest absolute Gasteiger partial charge is 0.262 e. The molecule has 6 heteroatoms. The molecule has 0 aliphatic rings. The second-order valence-electron chi connectivity index (χ2n) is 7.14. The van der Waals surface area contributed by atoms with Crippen LogP contribution in [0.4, 0.5) is 11.4 Å². The van der Waals surface area contributed by atoms with Gasteiger partial charge in [-0.1, -0.05) is 76.6 Å². The molecule has 0 atom stereocenters. The molecule has 0 saturated heterocycles. The molecule has 4 nitrogen and oxygen atoms in total. The van der Waals surface area contributed by atoms with Crippen LogP contribution in [-0.2, 0) is 16.6 Å². The molecule has 0 heterocycles. The largest absolute Gasteiger partial charge is 0.264 e. The summed E-state index contributed by atoms with van der Waals surface area (Å²) in [4.78, 5) is 4.77. The third-order valence-corrected chi connectivity index (χ3v) is 7.13. The van der Waals surface area contributed by atoms with Crippen molar-refractivity contribution in [2.75, 3.05) is 4.31 Å². The van der Waals surface area contributed by atoms with Gasteiger partial charge in [-0.15, -0.1) is 0 Å². The van der Waals surface area contributed by atoms with Gasteiger partial charge in [-0.3, -0.25) is 9.30 Å². The van der Waals surface area contributed by atoms with E-state index in [9.17, 15) is 8.42 Å². The normalized spacial score (nSPS) is 11.5. The van der Waals surface area contributed by atoms with Crippen LogP contribution in [0.1, 0.15) is 11.1 Å². The van der Waals surface area contributed by atoms with Crippen LogP contribution in [-0.4, -0.2) is 14.6 Å². The van der Waals surface area contributed by atoms with E-state index in [0.717, 1.165) is 21.3 Å². The standard InChI is InChI=1S/C26H21BrN2O2S/c27-23-11-7-10-22(18-23)19-28-24-14-16-25(17-15-24)29(20-21-8-3-1-4-9-21)32(30,31)26-12-5-2-6-13-26/h1-19H,20H2. The third kappa shape index (κ3) is 5.33. The Morgan fingerprint density at radius 1 is 0.781 bits per heavy atom. The number of hydrogen-bond donors (Lipinski definition) is 0. The molecule has 0 saturated carbocycles. The Hall–Kier alpha value is -3.22. The molecule has 0 radical (unpaired) electrons. The molecule has 160 valence electrons. The van der Waals surface area contributed by atoms with Gasteiger partial charge in [0, 0.05) is 10.7 Å². The van der Waals surface area contributed by atoms with E-state index >= 15 is 0 Å². The lowest BCUT2D eigenvalue weighted by molar-refractivity contribution is 0.590. The lowest BCUT2D eigenvalue weighted by atomic mass is 10.2. The first-order valence-electron chi connectivity index (χ1n) is 10.0. The molecule has 0 aliphatic heterocycles. The zero-order valence-corrected chi connectivity index (χ0v) is 19.6. The number of benzene rings is 4. The molecule has 0 fully saturated rings. The van der Waals surface area contributed by atoms with Crippen LogP contribution in [0.2, 0.25) is 0 Å². The molecule has 4 aromatic rings. The number of halogens is 1. The van der Waals surface area contributed by atoms with Gasteiger partial charge in [0.05, 0.1) is 22.8 Å². The van der Waals surface area contributed by atoms with Gasteiger partial charge in [0.2, 0.25) is 0 Å². The number of nitrogens with zero attached hydrogens (tertiary/aromatic N) is 2. The highest BCUT2D eigenvalue weighted by Crippen LogP contribution is 2.28. The molecule has 0 bridgehead atoms. The maximum Gasteiger partial charge on any atom is 0.264 e. The van der Waals surface area contributed by atoms with Crippen molar-refractivity contribution in [2.24, 2.45) is 4.99 Å². The fourth-order valence-electron chi connectivity index (χ4n) is 3.22. The van der Waals surface area contributed by atoms with Crippen molar-refractivity contribution in [1.82, 2.24) is 0 Å². The number of sulfonamides is 1. The van der Waals surface area contributed by atoms with Gasteiger partial charge in [0.15, 0.2) is 0 Å². The SMILES string of the molecule is O=S(=O)(c1ccccc1)N(Cc1ccccc1)c1ccc(N=Cc2cccc(Br)c2)cc1. The minimum Gasteiger partial charge on any atom is -0.262 e. The summed E-state index contributed by atoms with van der Waals surface area (Å²) < 4.78 is 29.3. The molecule has 0 spiro atoms. The van der Waals surface area contributed by atoms with Gasteiger partial charge in [-0.25, -0.2) is 8.42 Å². The first-order chi connectivity index (χ1) is 15.5. The molecule has 4 aromatic carbocycles. The van der Waals surface area contributed by atoms with Crippen molar-refractivity contribution in [3.8, 4) is 0 Å². The van der Waals surface area contributed by atoms with Crippen LogP contribution in [0.5, 0.6) is 0 Å². The summed E-state index contributed by atoms with van der Waals surface area (Å²) in [6.45, 7) is 0.235. The lowest BCUT2D eigenvalue weighted by Gasteiger charge is -2.25. The van der Waals surface area contributed by atoms with E-state index in [-0.39, 0.29) is 11.4 Å². The van der Waals surface area contributed by atoms with Crippen LogP contribution in [0.25, 0.3) is 0 Å². The summed E-state index contributed by atoms with van der Waals surface area (Å²) in [6.07, 6.45) is 1.78. The van der Waals surface area contributed by atoms with Gasteiger partial charge in [0.25, 0.3) is 10.0 Å². The lowest BCUT2D eigenvalue weighted by Crippen LogP contribution is -2.30. The van der Waals surface area contributed by atoms with Crippen molar-refractivity contribution < 1.29 is 8.42 Å². The molecule has 0 amide bonds. The molecule has 0 aromatic heterocycles. The van der Waals surface area contributed by atoms with Gasteiger partial charge in [0.1, 0.15) is 0 Å². The highest BCUT2D eigenvalue weighted by molar-refractivity contribution is 9.10. The monoisotopic (exact) mass is 504 g/mol. The second-order valence-corrected chi connectivity index (χ2v) is 9.92. The van der Waals surface area contributed by atoms with Crippen LogP contribution < -0.4 is 4.31 Å². The topological polar surface area (TPSA) is 49.7 Å². The molecule has 0 aliphatic carbocycles. The summed E-state index contributed by atoms with van der Waals surface area (Å²) in [5.41, 5.74) is 3.20. The maximum absolute atomic E-state index is 13.5. The van der Waals surface area contributed by atoms with Crippen LogP contribution in [0.3, 0.4) is 0 Å². The molecule has 0 N–H and O–H groups in total. The average Bonchev–Trinajstić information content (AvgIpc) is 2.83. The Bertz CT molecular complexity index is 1310. The summed E-state index contributed by atoms with van der Waals surface area (Å²) in [5, 5.41) is 0. The summed E-state index contributed by atoms with van der Waals surface area (Å²) in [5.74, 6) is 0. The predicted octanol–water partition coefficient (Wildman–Crippen LogP) is 6.60. The van der Waals surface area contributed by atoms with Crippen LogP contribution in [0.15, 0.2) is 124 Å². The van der Waals surface area contributed by atoms with E-state index in [0.29, 0.717) is 5.69 Å². The highest BCUT2D eigenvalue weighted by atomic mass is 79.9. The van der Waals surface area contributed by atoms with Gasteiger partial charge in [-0.05, 0) is 59.7 Å². The number of aliphatic imine (C=N–C) groups is 1. The molecule has 4 rings (SSSR count). The number of anilines is 1. The number of hydrogen-bond acceptors (Lipinski definition) is 3. The van der Waals surface area contributed by atoms with Crippen molar-refractivity contribution in [2.45, 2.75) is 11.4 Å². The minimum atomic E-state index is -3.74. The van der Waals surface area contributed by atoms with E-state index in [2.05, 4.69) is 20.9 Å². The Morgan fingerprint density at radius 3 is 2.09 bits per heavy atom. The van der Waals surface area contributed by atoms with Crippen molar-refractivity contribution in [3.63, 3.8) is 0 Å². The zero-order chi connectivity index (χ0) is 22.4. The van der Waals surface area contributed by atoms with Crippen molar-refractivity contribution in [3.05, 3.63) is 125 Å². The maximum atomic E-state index is 13.5. The second kappa shape index (κ2) is 9.94. The quantitative estimate of drug-likeness (QED) is 0.266. The third-order valence-electron chi connectivity index (χ3n) is 4.85. The Balaban J connectivity index is 1.65. The molecular formula is C26H21BrN2O2S. The fraction of sp³-hybridized carbons (Fsp3) is 0.0385. The molecule has 0 unspecified atom stereocenters. The Labute approximate surface area is 197 Å². The van der Waals surface area contributed by atoms with Crippen LogP contribution in [0, 0.1) is 0 Å². The highest BCUT2D eigenvalue weighted by Gasteiger charge is 2.25. The van der Waals surface area contributed by atoms with E-state index < -0.39 is 10.0 Å². The van der Waals surface area contributed by atoms with Gasteiger partial charge < -0.3 is 0 Å². The van der Waals surface area contributed by atoms with Crippen LogP contribution >= 0.6 is 15.9 Å². The minimum absolute atomic E-state index is 0.235. The van der Waals surface area contributed by atoms with E-state index in [1.165, 1.54) is 4.31 Å². The molecule has 32 heavy (non-hydrogen) atoms. The van der Waals surface area contributed by atoms with E-state index in [1.54, 1.807) is 48.7 Å². The number of rotatable bonds is 7. The average molecular weight is 505 g/mol. The molecular weight excluding hydrogens is 484 g/mol. The Morgan fingerprint density at radius 2 is 1.44 bits per heavy atom. The van der Waals surface area contributed by atoms with E-state index in [1.807, 2.05) is 66.7 Å². The van der Waals surface area contributed by atoms with E-state index in [4.69, 9.17) is 0 Å². The van der Waals surface area contributed by atoms with Crippen molar-refractivity contribution >= 4 is 43.5 Å².